The Balaban J connectivity index is 1.73. The second-order valence-electron chi connectivity index (χ2n) is 6.49. The zero-order valence-electron chi connectivity index (χ0n) is 14.1. The lowest BCUT2D eigenvalue weighted by atomic mass is 10.1. The van der Waals surface area contributed by atoms with E-state index >= 15 is 0 Å². The van der Waals surface area contributed by atoms with Gasteiger partial charge in [0.25, 0.3) is 0 Å². The Hall–Kier alpha value is -3.20. The number of nitrogen functional groups attached to an aromatic ring is 1. The second-order valence-corrected chi connectivity index (χ2v) is 6.49. The standard InChI is InChI=1S/C19H20N6/c1-24-8-3-2-4-15(24)12-25-9-7-13-5-6-14(10-17(13)25)18-16(11-20)19(21)23-22-18/h3,5-10,15H,2,4,12H2,1H3,(H3,21,22,23)/t15-/m1/s1. The van der Waals surface area contributed by atoms with Crippen molar-refractivity contribution in [2.24, 2.45) is 0 Å². The van der Waals surface area contributed by atoms with E-state index in [0.717, 1.165) is 30.5 Å². The van der Waals surface area contributed by atoms with E-state index in [9.17, 15) is 5.26 Å². The quantitative estimate of drug-likeness (QED) is 0.771. The number of fused-ring (bicyclic) bond motifs is 1. The number of aromatic nitrogens is 3. The minimum atomic E-state index is 0.239. The molecule has 3 heterocycles. The van der Waals surface area contributed by atoms with E-state index in [1.165, 1.54) is 5.39 Å². The maximum Gasteiger partial charge on any atom is 0.163 e. The number of benzene rings is 1. The molecule has 6 heteroatoms. The molecule has 0 saturated carbocycles. The third kappa shape index (κ3) is 2.64. The minimum Gasteiger partial charge on any atom is -0.381 e. The normalized spacial score (nSPS) is 17.1. The summed E-state index contributed by atoms with van der Waals surface area (Å²) < 4.78 is 2.28. The average molecular weight is 332 g/mol. The van der Waals surface area contributed by atoms with Crippen LogP contribution < -0.4 is 5.73 Å². The van der Waals surface area contributed by atoms with Crippen LogP contribution in [-0.2, 0) is 6.54 Å². The summed E-state index contributed by atoms with van der Waals surface area (Å²) in [7, 11) is 2.13. The average Bonchev–Trinajstić information content (AvgIpc) is 3.19. The van der Waals surface area contributed by atoms with Crippen LogP contribution in [0.25, 0.3) is 22.2 Å². The topological polar surface area (TPSA) is 86.7 Å². The first-order valence-electron chi connectivity index (χ1n) is 8.39. The van der Waals surface area contributed by atoms with Crippen molar-refractivity contribution in [2.75, 3.05) is 12.8 Å². The van der Waals surface area contributed by atoms with Gasteiger partial charge < -0.3 is 15.2 Å². The van der Waals surface area contributed by atoms with Crippen LogP contribution in [0.3, 0.4) is 0 Å². The highest BCUT2D eigenvalue weighted by Crippen LogP contribution is 2.29. The summed E-state index contributed by atoms with van der Waals surface area (Å²) in [5.74, 6) is 0.239. The fraction of sp³-hybridized carbons (Fsp3) is 0.263. The van der Waals surface area contributed by atoms with Gasteiger partial charge in [-0.15, -0.1) is 0 Å². The van der Waals surface area contributed by atoms with Crippen LogP contribution >= 0.6 is 0 Å². The molecule has 0 unspecified atom stereocenters. The molecular weight excluding hydrogens is 312 g/mol. The minimum absolute atomic E-state index is 0.239. The van der Waals surface area contributed by atoms with E-state index in [0.29, 0.717) is 17.3 Å². The monoisotopic (exact) mass is 332 g/mol. The molecule has 0 spiro atoms. The number of H-pyrrole nitrogens is 1. The lowest BCUT2D eigenvalue weighted by Crippen LogP contribution is -2.33. The van der Waals surface area contributed by atoms with Gasteiger partial charge in [-0.3, -0.25) is 5.10 Å². The van der Waals surface area contributed by atoms with E-state index in [4.69, 9.17) is 5.73 Å². The predicted octanol–water partition coefficient (Wildman–Crippen LogP) is 3.09. The molecule has 0 bridgehead atoms. The van der Waals surface area contributed by atoms with E-state index in [2.05, 4.69) is 69.5 Å². The first kappa shape index (κ1) is 15.3. The third-order valence-corrected chi connectivity index (χ3v) is 4.96. The highest BCUT2D eigenvalue weighted by molar-refractivity contribution is 5.86. The van der Waals surface area contributed by atoms with Gasteiger partial charge in [0.05, 0.1) is 5.69 Å². The van der Waals surface area contributed by atoms with Crippen LogP contribution in [0.15, 0.2) is 42.7 Å². The number of anilines is 1. The number of nitrogens with zero attached hydrogens (tertiary/aromatic N) is 4. The van der Waals surface area contributed by atoms with Crippen LogP contribution in [0.1, 0.15) is 18.4 Å². The van der Waals surface area contributed by atoms with Gasteiger partial charge in [0.1, 0.15) is 11.6 Å². The van der Waals surface area contributed by atoms with E-state index in [-0.39, 0.29) is 5.82 Å². The molecule has 0 saturated heterocycles. The highest BCUT2D eigenvalue weighted by atomic mass is 15.2. The largest absolute Gasteiger partial charge is 0.381 e. The summed E-state index contributed by atoms with van der Waals surface area (Å²) in [4.78, 5) is 2.28. The number of likely N-dealkylation sites (N-methyl/N-ethyl adjacent to an activating group) is 1. The van der Waals surface area contributed by atoms with Crippen molar-refractivity contribution in [3.05, 3.63) is 48.3 Å². The molecule has 6 nitrogen and oxygen atoms in total. The maximum atomic E-state index is 9.32. The molecular formula is C19H20N6. The van der Waals surface area contributed by atoms with Crippen LogP contribution in [0.4, 0.5) is 5.82 Å². The first-order chi connectivity index (χ1) is 12.2. The Morgan fingerprint density at radius 2 is 2.28 bits per heavy atom. The number of aromatic amines is 1. The molecule has 1 aliphatic rings. The van der Waals surface area contributed by atoms with Crippen LogP contribution in [0.5, 0.6) is 0 Å². The predicted molar refractivity (Wildman–Crippen MR) is 98.6 cm³/mol. The van der Waals surface area contributed by atoms with Crippen molar-refractivity contribution in [1.29, 1.82) is 5.26 Å². The van der Waals surface area contributed by atoms with Crippen LogP contribution in [0, 0.1) is 11.3 Å². The molecule has 3 N–H and O–H groups in total. The molecule has 4 rings (SSSR count). The lowest BCUT2D eigenvalue weighted by molar-refractivity contribution is 0.269. The number of allylic oxidation sites excluding steroid dienone is 1. The molecule has 1 aliphatic heterocycles. The van der Waals surface area contributed by atoms with Gasteiger partial charge in [-0.25, -0.2) is 0 Å². The van der Waals surface area contributed by atoms with Crippen molar-refractivity contribution < 1.29 is 0 Å². The van der Waals surface area contributed by atoms with Crippen molar-refractivity contribution in [3.63, 3.8) is 0 Å². The summed E-state index contributed by atoms with van der Waals surface area (Å²) in [6, 6.07) is 10.9. The van der Waals surface area contributed by atoms with Crippen LogP contribution in [-0.4, -0.2) is 32.8 Å². The zero-order valence-corrected chi connectivity index (χ0v) is 14.1. The molecule has 0 radical (unpaired) electrons. The molecule has 0 aliphatic carbocycles. The SMILES string of the molecule is CN1C=CCC[C@@H]1Cn1ccc2ccc(-c3[nH]nc(N)c3C#N)cc21. The first-order valence-corrected chi connectivity index (χ1v) is 8.39. The van der Waals surface area contributed by atoms with Crippen LogP contribution in [0.2, 0.25) is 0 Å². The van der Waals surface area contributed by atoms with E-state index in [1.807, 2.05) is 6.07 Å². The molecule has 1 aromatic carbocycles. The number of nitrogens with one attached hydrogen (secondary N) is 1. The Labute approximate surface area is 146 Å². The van der Waals surface area contributed by atoms with Gasteiger partial charge in [-0.2, -0.15) is 10.4 Å². The van der Waals surface area contributed by atoms with Gasteiger partial charge in [0, 0.05) is 36.9 Å². The van der Waals surface area contributed by atoms with Crippen molar-refractivity contribution >= 4 is 16.7 Å². The summed E-state index contributed by atoms with van der Waals surface area (Å²) in [6.45, 7) is 0.935. The summed E-state index contributed by atoms with van der Waals surface area (Å²) in [6.07, 6.45) is 8.79. The van der Waals surface area contributed by atoms with Gasteiger partial charge in [0.2, 0.25) is 0 Å². The number of nitriles is 1. The molecule has 3 aromatic rings. The number of hydrogen-bond donors (Lipinski definition) is 2. The van der Waals surface area contributed by atoms with Crippen molar-refractivity contribution in [1.82, 2.24) is 19.7 Å². The molecule has 2 aromatic heterocycles. The highest BCUT2D eigenvalue weighted by Gasteiger charge is 2.17. The van der Waals surface area contributed by atoms with Gasteiger partial charge in [0.15, 0.2) is 5.82 Å². The van der Waals surface area contributed by atoms with Gasteiger partial charge in [-0.1, -0.05) is 18.2 Å². The molecule has 126 valence electrons. The smallest absolute Gasteiger partial charge is 0.163 e. The Bertz CT molecular complexity index is 987. The second kappa shape index (κ2) is 6.02. The summed E-state index contributed by atoms with van der Waals surface area (Å²) in [5, 5.41) is 17.3. The van der Waals surface area contributed by atoms with E-state index in [1.54, 1.807) is 0 Å². The number of hydrogen-bond acceptors (Lipinski definition) is 4. The fourth-order valence-electron chi connectivity index (χ4n) is 3.48. The van der Waals surface area contributed by atoms with Crippen molar-refractivity contribution in [3.8, 4) is 17.3 Å². The lowest BCUT2D eigenvalue weighted by Gasteiger charge is -2.30. The third-order valence-electron chi connectivity index (χ3n) is 4.96. The van der Waals surface area contributed by atoms with E-state index < -0.39 is 0 Å². The fourth-order valence-corrected chi connectivity index (χ4v) is 3.48. The molecule has 25 heavy (non-hydrogen) atoms. The molecule has 1 atom stereocenters. The Morgan fingerprint density at radius 3 is 3.08 bits per heavy atom. The van der Waals surface area contributed by atoms with Crippen molar-refractivity contribution in [2.45, 2.75) is 25.4 Å². The summed E-state index contributed by atoms with van der Waals surface area (Å²) in [5.41, 5.74) is 8.91. The van der Waals surface area contributed by atoms with Gasteiger partial charge in [-0.05, 0) is 36.6 Å². The van der Waals surface area contributed by atoms with Gasteiger partial charge >= 0.3 is 0 Å². The summed E-state index contributed by atoms with van der Waals surface area (Å²) >= 11 is 0. The zero-order chi connectivity index (χ0) is 17.4. The number of nitrogens with two attached hydrogens (primary N) is 1. The molecule has 0 fully saturated rings. The Morgan fingerprint density at radius 1 is 1.40 bits per heavy atom. The maximum absolute atomic E-state index is 9.32. The Kier molecular flexibility index (Phi) is 3.69. The number of rotatable bonds is 3. The molecule has 0 amide bonds.